The highest BCUT2D eigenvalue weighted by molar-refractivity contribution is 9.10. The zero-order valence-electron chi connectivity index (χ0n) is 8.07. The van der Waals surface area contributed by atoms with Gasteiger partial charge in [-0.05, 0) is 40.0 Å². The van der Waals surface area contributed by atoms with E-state index in [-0.39, 0.29) is 17.8 Å². The van der Waals surface area contributed by atoms with Crippen molar-refractivity contribution in [2.45, 2.75) is 25.4 Å². The monoisotopic (exact) mass is 258 g/mol. The third-order valence-corrected chi connectivity index (χ3v) is 2.92. The van der Waals surface area contributed by atoms with Crippen molar-refractivity contribution in [1.29, 1.82) is 0 Å². The van der Waals surface area contributed by atoms with Crippen molar-refractivity contribution in [3.63, 3.8) is 0 Å². The zero-order chi connectivity index (χ0) is 10.7. The molecule has 0 saturated heterocycles. The molecule has 0 saturated carbocycles. The van der Waals surface area contributed by atoms with Crippen LogP contribution in [0, 0.1) is 0 Å². The van der Waals surface area contributed by atoms with Crippen LogP contribution in [0.2, 0.25) is 0 Å². The van der Waals surface area contributed by atoms with Crippen molar-refractivity contribution < 1.29 is 5.11 Å². The van der Waals surface area contributed by atoms with E-state index in [9.17, 15) is 5.11 Å². The number of benzene rings is 1. The van der Waals surface area contributed by atoms with Crippen LogP contribution in [0.25, 0.3) is 0 Å². The van der Waals surface area contributed by atoms with Crippen LogP contribution in [0.15, 0.2) is 22.7 Å². The molecule has 2 atom stereocenters. The second-order valence-corrected chi connectivity index (χ2v) is 4.16. The van der Waals surface area contributed by atoms with Gasteiger partial charge in [0.2, 0.25) is 0 Å². The van der Waals surface area contributed by atoms with Crippen LogP contribution in [0.3, 0.4) is 0 Å². The van der Waals surface area contributed by atoms with E-state index in [0.717, 1.165) is 12.0 Å². The van der Waals surface area contributed by atoms with Gasteiger partial charge in [0.15, 0.2) is 0 Å². The maximum atomic E-state index is 9.30. The fourth-order valence-electron chi connectivity index (χ4n) is 1.23. The molecule has 78 valence electrons. The summed E-state index contributed by atoms with van der Waals surface area (Å²) in [4.78, 5) is 0. The lowest BCUT2D eigenvalue weighted by Crippen LogP contribution is -2.33. The summed E-state index contributed by atoms with van der Waals surface area (Å²) < 4.78 is 0.647. The summed E-state index contributed by atoms with van der Waals surface area (Å²) in [5, 5.41) is 9.30. The number of aromatic hydroxyl groups is 1. The molecule has 0 unspecified atom stereocenters. The number of rotatable bonds is 3. The van der Waals surface area contributed by atoms with E-state index >= 15 is 0 Å². The molecular weight excluding hydrogens is 244 g/mol. The first-order valence-corrected chi connectivity index (χ1v) is 5.35. The second kappa shape index (κ2) is 4.77. The van der Waals surface area contributed by atoms with Crippen molar-refractivity contribution in [1.82, 2.24) is 0 Å². The van der Waals surface area contributed by atoms with Gasteiger partial charge in [0, 0.05) is 12.1 Å². The van der Waals surface area contributed by atoms with Crippen LogP contribution in [0.5, 0.6) is 5.75 Å². The maximum absolute atomic E-state index is 9.30. The third-order valence-electron chi connectivity index (χ3n) is 2.29. The molecule has 4 heteroatoms. The van der Waals surface area contributed by atoms with Gasteiger partial charge >= 0.3 is 0 Å². The van der Waals surface area contributed by atoms with E-state index in [2.05, 4.69) is 15.9 Å². The second-order valence-electron chi connectivity index (χ2n) is 3.31. The van der Waals surface area contributed by atoms with Gasteiger partial charge in [0.25, 0.3) is 0 Å². The highest BCUT2D eigenvalue weighted by atomic mass is 79.9. The molecule has 1 aromatic rings. The molecule has 0 heterocycles. The first kappa shape index (κ1) is 11.5. The van der Waals surface area contributed by atoms with E-state index < -0.39 is 0 Å². The van der Waals surface area contributed by atoms with Gasteiger partial charge in [-0.25, -0.2) is 0 Å². The Morgan fingerprint density at radius 2 is 2.07 bits per heavy atom. The molecule has 0 spiro atoms. The van der Waals surface area contributed by atoms with Gasteiger partial charge in [-0.2, -0.15) is 0 Å². The molecule has 0 aliphatic heterocycles. The highest BCUT2D eigenvalue weighted by Crippen LogP contribution is 2.27. The molecule has 0 bridgehead atoms. The summed E-state index contributed by atoms with van der Waals surface area (Å²) in [5.74, 6) is 0.214. The third kappa shape index (κ3) is 2.47. The summed E-state index contributed by atoms with van der Waals surface area (Å²) in [6, 6.07) is 4.97. The van der Waals surface area contributed by atoms with Crippen molar-refractivity contribution in [2.24, 2.45) is 11.5 Å². The number of halogens is 1. The van der Waals surface area contributed by atoms with E-state index in [4.69, 9.17) is 11.5 Å². The molecular formula is C10H15BrN2O. The molecule has 14 heavy (non-hydrogen) atoms. The van der Waals surface area contributed by atoms with E-state index in [1.807, 2.05) is 6.92 Å². The predicted octanol–water partition coefficient (Wildman–Crippen LogP) is 1.89. The standard InChI is InChI=1S/C10H15BrN2O/c1-2-8(12)10(13)6-3-4-9(14)7(11)5-6/h3-5,8,10,14H,2,12-13H2,1H3/t8-,10-/m0/s1. The first-order valence-electron chi connectivity index (χ1n) is 4.55. The smallest absolute Gasteiger partial charge is 0.129 e. The quantitative estimate of drug-likeness (QED) is 0.776. The van der Waals surface area contributed by atoms with E-state index in [0.29, 0.717) is 4.47 Å². The van der Waals surface area contributed by atoms with Gasteiger partial charge < -0.3 is 16.6 Å². The van der Waals surface area contributed by atoms with Crippen LogP contribution >= 0.6 is 15.9 Å². The van der Waals surface area contributed by atoms with Gasteiger partial charge in [-0.15, -0.1) is 0 Å². The summed E-state index contributed by atoms with van der Waals surface area (Å²) in [6.45, 7) is 2.00. The van der Waals surface area contributed by atoms with Crippen molar-refractivity contribution in [3.8, 4) is 5.75 Å². The fourth-order valence-corrected chi connectivity index (χ4v) is 1.63. The molecule has 5 N–H and O–H groups in total. The number of nitrogens with two attached hydrogens (primary N) is 2. The lowest BCUT2D eigenvalue weighted by molar-refractivity contribution is 0.470. The van der Waals surface area contributed by atoms with Crippen LogP contribution in [0.4, 0.5) is 0 Å². The Morgan fingerprint density at radius 1 is 1.43 bits per heavy atom. The largest absolute Gasteiger partial charge is 0.507 e. The number of hydrogen-bond donors (Lipinski definition) is 3. The average Bonchev–Trinajstić information content (AvgIpc) is 2.20. The van der Waals surface area contributed by atoms with Crippen LogP contribution in [0.1, 0.15) is 24.9 Å². The Morgan fingerprint density at radius 3 is 2.57 bits per heavy atom. The van der Waals surface area contributed by atoms with Crippen LogP contribution in [-0.2, 0) is 0 Å². The molecule has 3 nitrogen and oxygen atoms in total. The fraction of sp³-hybridized carbons (Fsp3) is 0.400. The minimum absolute atomic E-state index is 0.0496. The summed E-state index contributed by atoms with van der Waals surface area (Å²) in [7, 11) is 0. The van der Waals surface area contributed by atoms with Crippen molar-refractivity contribution in [3.05, 3.63) is 28.2 Å². The minimum Gasteiger partial charge on any atom is -0.507 e. The van der Waals surface area contributed by atoms with Crippen molar-refractivity contribution >= 4 is 15.9 Å². The molecule has 1 aromatic carbocycles. The van der Waals surface area contributed by atoms with Gasteiger partial charge in [-0.3, -0.25) is 0 Å². The van der Waals surface area contributed by atoms with Gasteiger partial charge in [0.05, 0.1) is 4.47 Å². The van der Waals surface area contributed by atoms with E-state index in [1.165, 1.54) is 0 Å². The lowest BCUT2D eigenvalue weighted by Gasteiger charge is -2.18. The molecule has 0 aromatic heterocycles. The SMILES string of the molecule is CC[C@H](N)[C@@H](N)c1ccc(O)c(Br)c1. The molecule has 0 amide bonds. The zero-order valence-corrected chi connectivity index (χ0v) is 9.66. The molecule has 0 aliphatic carbocycles. The Labute approximate surface area is 92.2 Å². The first-order chi connectivity index (χ1) is 6.56. The van der Waals surface area contributed by atoms with E-state index in [1.54, 1.807) is 18.2 Å². The lowest BCUT2D eigenvalue weighted by atomic mass is 9.99. The Kier molecular flexibility index (Phi) is 3.92. The topological polar surface area (TPSA) is 72.3 Å². The average molecular weight is 259 g/mol. The number of phenolic OH excluding ortho intramolecular Hbond substituents is 1. The molecule has 0 fully saturated rings. The minimum atomic E-state index is -0.183. The van der Waals surface area contributed by atoms with Gasteiger partial charge in [0.1, 0.15) is 5.75 Å². The highest BCUT2D eigenvalue weighted by Gasteiger charge is 2.14. The van der Waals surface area contributed by atoms with Crippen LogP contribution < -0.4 is 11.5 Å². The molecule has 1 rings (SSSR count). The summed E-state index contributed by atoms with van der Waals surface area (Å²) >= 11 is 3.24. The maximum Gasteiger partial charge on any atom is 0.129 e. The Balaban J connectivity index is 2.91. The molecule has 0 aliphatic rings. The van der Waals surface area contributed by atoms with Crippen molar-refractivity contribution in [2.75, 3.05) is 0 Å². The Hall–Kier alpha value is -0.580. The summed E-state index contributed by atoms with van der Waals surface area (Å²) in [6.07, 6.45) is 0.833. The number of hydrogen-bond acceptors (Lipinski definition) is 3. The molecule has 0 radical (unpaired) electrons. The van der Waals surface area contributed by atoms with Crippen LogP contribution in [-0.4, -0.2) is 11.1 Å². The predicted molar refractivity (Wildman–Crippen MR) is 61.0 cm³/mol. The summed E-state index contributed by atoms with van der Waals surface area (Å²) in [5.41, 5.74) is 12.7. The van der Waals surface area contributed by atoms with Gasteiger partial charge in [-0.1, -0.05) is 13.0 Å². The Bertz CT molecular complexity index is 317. The normalized spacial score (nSPS) is 15.1. The number of phenols is 1.